The lowest BCUT2D eigenvalue weighted by atomic mass is 10.0. The lowest BCUT2D eigenvalue weighted by Crippen LogP contribution is -2.53. The molecule has 4 heterocycles. The number of nitrogens with two attached hydrogens (primary N) is 1. The third-order valence-electron chi connectivity index (χ3n) is 11.2. The van der Waals surface area contributed by atoms with Crippen LogP contribution in [0.4, 0.5) is 17.2 Å². The van der Waals surface area contributed by atoms with Crippen molar-refractivity contribution in [3.8, 4) is 17.1 Å². The van der Waals surface area contributed by atoms with Crippen LogP contribution in [0.2, 0.25) is 0 Å². The zero-order valence-electron chi connectivity index (χ0n) is 39.7. The normalized spacial score (nSPS) is 13.4. The zero-order chi connectivity index (χ0) is 52.1. The van der Waals surface area contributed by atoms with Gasteiger partial charge in [-0.1, -0.05) is 20.3 Å². The maximum atomic E-state index is 13.5. The van der Waals surface area contributed by atoms with Gasteiger partial charge in [-0.15, -0.1) is 10.2 Å². The Hall–Kier alpha value is -8.97. The van der Waals surface area contributed by atoms with Gasteiger partial charge in [0.1, 0.15) is 29.7 Å². The first kappa shape index (κ1) is 52.4. The summed E-state index contributed by atoms with van der Waals surface area (Å²) in [7, 11) is 0. The van der Waals surface area contributed by atoms with E-state index in [1.54, 1.807) is 20.8 Å². The van der Waals surface area contributed by atoms with Crippen molar-refractivity contribution in [2.24, 2.45) is 5.92 Å². The Morgan fingerprint density at radius 2 is 1.57 bits per heavy atom. The molecule has 7 amide bonds. The first-order chi connectivity index (χ1) is 34.4. The Bertz CT molecular complexity index is 2870. The Morgan fingerprint density at radius 3 is 2.26 bits per heavy atom. The van der Waals surface area contributed by atoms with Crippen molar-refractivity contribution < 1.29 is 48.6 Å². The number of aliphatic carboxylic acids is 1. The van der Waals surface area contributed by atoms with Gasteiger partial charge in [0.2, 0.25) is 23.5 Å². The molecule has 0 unspecified atom stereocenters. The molecule has 3 atom stereocenters. The number of carboxylic acid groups (broad SMARTS) is 1. The summed E-state index contributed by atoms with van der Waals surface area (Å²) in [4.78, 5) is 120. The highest BCUT2D eigenvalue weighted by molar-refractivity contribution is 6.13. The lowest BCUT2D eigenvalue weighted by molar-refractivity contribution is -0.139. The summed E-state index contributed by atoms with van der Waals surface area (Å²) in [5, 5.41) is 50.6. The fraction of sp³-hybridized carbons (Fsp3) is 0.370. The molecule has 3 aromatic heterocycles. The summed E-state index contributed by atoms with van der Waals surface area (Å²) in [6, 6.07) is 5.02. The molecule has 6 rings (SSSR count). The lowest BCUT2D eigenvalue weighted by Gasteiger charge is -2.24. The molecular formula is C46H54N16O10. The number of imide groups is 1. The standard InChI is InChI=1S/C46H54N16O10/c1-23(2)37(57-34(64)10-6-5-7-18-62-35(65)15-16-36(62)66)45(70)51-24(3)42(67)55-27-12-13-29(31(19-27)40-58-60-61-59-40)43(68)48-17-8-9-32(46(71)72)56-44(69)30-14-11-26(20-33(30)63)49-21-28-22-50-41-38(54-28)39(47)52-25(4)53-41/h11-16,19-20,22-24,32,37,49,63H,5-10,17-18,21H2,1-4H3,(H,48,68)(H,51,70)(H,55,67)(H,56,69)(H,57,64)(H,71,72)(H2,47,50,52,53)(H,58,59,60,61)/t24-,32-,37-/m0/s1. The number of aryl methyl sites for hydroxylation is 1. The fourth-order valence-corrected chi connectivity index (χ4v) is 7.35. The number of hydrogen-bond acceptors (Lipinski definition) is 18. The molecule has 0 aliphatic carbocycles. The first-order valence-electron chi connectivity index (χ1n) is 22.8. The zero-order valence-corrected chi connectivity index (χ0v) is 39.7. The Labute approximate surface area is 410 Å². The van der Waals surface area contributed by atoms with Crippen LogP contribution in [0.15, 0.2) is 54.7 Å². The predicted molar refractivity (Wildman–Crippen MR) is 257 cm³/mol. The molecule has 72 heavy (non-hydrogen) atoms. The summed E-state index contributed by atoms with van der Waals surface area (Å²) < 4.78 is 0. The van der Waals surface area contributed by atoms with Crippen LogP contribution in [0.1, 0.15) is 91.5 Å². The van der Waals surface area contributed by atoms with Gasteiger partial charge in [-0.2, -0.15) is 5.21 Å². The van der Waals surface area contributed by atoms with Crippen LogP contribution < -0.4 is 37.6 Å². The molecule has 378 valence electrons. The van der Waals surface area contributed by atoms with Crippen molar-refractivity contribution in [3.63, 3.8) is 0 Å². The van der Waals surface area contributed by atoms with Crippen molar-refractivity contribution in [2.75, 3.05) is 29.5 Å². The molecule has 2 aromatic carbocycles. The molecule has 26 nitrogen and oxygen atoms in total. The maximum Gasteiger partial charge on any atom is 0.326 e. The summed E-state index contributed by atoms with van der Waals surface area (Å²) >= 11 is 0. The number of tetrazole rings is 1. The van der Waals surface area contributed by atoms with Gasteiger partial charge in [0.05, 0.1) is 29.6 Å². The quantitative estimate of drug-likeness (QED) is 0.0307. The van der Waals surface area contributed by atoms with Gasteiger partial charge in [0.15, 0.2) is 17.0 Å². The summed E-state index contributed by atoms with van der Waals surface area (Å²) in [5.74, 6) is -5.18. The van der Waals surface area contributed by atoms with E-state index in [1.165, 1.54) is 61.7 Å². The van der Waals surface area contributed by atoms with Gasteiger partial charge >= 0.3 is 5.97 Å². The average molecular weight is 991 g/mol. The number of phenols is 1. The van der Waals surface area contributed by atoms with Gasteiger partial charge in [-0.05, 0) is 81.0 Å². The highest BCUT2D eigenvalue weighted by Crippen LogP contribution is 2.26. The molecule has 1 aliphatic rings. The van der Waals surface area contributed by atoms with Gasteiger partial charge in [-0.3, -0.25) is 38.5 Å². The summed E-state index contributed by atoms with van der Waals surface area (Å²) in [6.45, 7) is 7.03. The minimum Gasteiger partial charge on any atom is -0.507 e. The number of H-pyrrole nitrogens is 1. The van der Waals surface area contributed by atoms with Crippen molar-refractivity contribution >= 4 is 75.7 Å². The van der Waals surface area contributed by atoms with E-state index in [9.17, 15) is 48.6 Å². The second-order valence-corrected chi connectivity index (χ2v) is 17.0. The number of aromatic hydroxyl groups is 1. The molecule has 26 heteroatoms. The van der Waals surface area contributed by atoms with Crippen molar-refractivity contribution in [2.45, 2.75) is 90.9 Å². The van der Waals surface area contributed by atoms with Gasteiger partial charge in [0, 0.05) is 54.7 Å². The van der Waals surface area contributed by atoms with E-state index in [0.717, 1.165) is 4.90 Å². The molecule has 0 saturated carbocycles. The molecule has 5 aromatic rings. The van der Waals surface area contributed by atoms with Crippen molar-refractivity contribution in [3.05, 3.63) is 77.4 Å². The fourth-order valence-electron chi connectivity index (χ4n) is 7.35. The van der Waals surface area contributed by atoms with Gasteiger partial charge < -0.3 is 47.8 Å². The summed E-state index contributed by atoms with van der Waals surface area (Å²) in [6.07, 6.45) is 5.62. The maximum absolute atomic E-state index is 13.5. The molecule has 0 spiro atoms. The van der Waals surface area contributed by atoms with Crippen LogP contribution in [0.5, 0.6) is 5.75 Å². The average Bonchev–Trinajstić information content (AvgIpc) is 3.99. The van der Waals surface area contributed by atoms with Gasteiger partial charge in [-0.25, -0.2) is 24.7 Å². The second kappa shape index (κ2) is 24.0. The Balaban J connectivity index is 0.964. The topological polar surface area (TPSA) is 384 Å². The number of hydrogen-bond donors (Lipinski definition) is 10. The van der Waals surface area contributed by atoms with Crippen molar-refractivity contribution in [1.29, 1.82) is 0 Å². The van der Waals surface area contributed by atoms with E-state index in [0.29, 0.717) is 47.6 Å². The molecular weight excluding hydrogens is 937 g/mol. The van der Waals surface area contributed by atoms with E-state index in [-0.39, 0.29) is 96.6 Å². The number of carboxylic acids is 1. The van der Waals surface area contributed by atoms with Crippen LogP contribution in [-0.4, -0.2) is 134 Å². The third kappa shape index (κ3) is 13.8. The highest BCUT2D eigenvalue weighted by Gasteiger charge is 2.28. The predicted octanol–water partition coefficient (Wildman–Crippen LogP) is 1.27. The number of benzene rings is 2. The number of fused-ring (bicyclic) bond motifs is 1. The van der Waals surface area contributed by atoms with E-state index in [2.05, 4.69) is 72.5 Å². The Morgan fingerprint density at radius 1 is 0.833 bits per heavy atom. The van der Waals surface area contributed by atoms with E-state index >= 15 is 0 Å². The number of carbonyl (C=O) groups excluding carboxylic acids is 7. The van der Waals surface area contributed by atoms with Crippen LogP contribution in [-0.2, 0) is 35.3 Å². The number of rotatable bonds is 24. The first-order valence-corrected chi connectivity index (χ1v) is 22.8. The number of anilines is 3. The third-order valence-corrected chi connectivity index (χ3v) is 11.2. The number of nitrogen functional groups attached to an aromatic ring is 1. The van der Waals surface area contributed by atoms with Crippen molar-refractivity contribution in [1.82, 2.24) is 66.7 Å². The minimum absolute atomic E-state index is 0.0124. The van der Waals surface area contributed by atoms with Crippen LogP contribution in [0.25, 0.3) is 22.6 Å². The number of phenolic OH excluding ortho intramolecular Hbond substituents is 1. The Kier molecular flexibility index (Phi) is 17.5. The van der Waals surface area contributed by atoms with Crippen LogP contribution in [0.3, 0.4) is 0 Å². The molecule has 0 fully saturated rings. The molecule has 0 radical (unpaired) electrons. The summed E-state index contributed by atoms with van der Waals surface area (Å²) in [5.41, 5.74) is 7.88. The van der Waals surface area contributed by atoms with Crippen LogP contribution in [0, 0.1) is 12.8 Å². The minimum atomic E-state index is -1.38. The second-order valence-electron chi connectivity index (χ2n) is 17.0. The molecule has 11 N–H and O–H groups in total. The number of carbonyl (C=O) groups is 8. The van der Waals surface area contributed by atoms with E-state index in [1.807, 2.05) is 0 Å². The smallest absolute Gasteiger partial charge is 0.326 e. The van der Waals surface area contributed by atoms with E-state index in [4.69, 9.17) is 5.73 Å². The number of nitrogens with zero attached hydrogens (tertiary/aromatic N) is 8. The number of unbranched alkanes of at least 4 members (excludes halogenated alkanes) is 2. The molecule has 1 aliphatic heterocycles. The monoisotopic (exact) mass is 990 g/mol. The number of aromatic nitrogens is 8. The number of nitrogens with one attached hydrogen (secondary N) is 7. The highest BCUT2D eigenvalue weighted by atomic mass is 16.4. The largest absolute Gasteiger partial charge is 0.507 e. The molecule has 0 saturated heterocycles. The SMILES string of the molecule is Cc1nc(N)c2nc(CNc3ccc(C(=O)N[C@@H](CCCNC(=O)c4ccc(NC(=O)[C@H](C)NC(=O)[C@@H](NC(=O)CCCCCN5C(=O)C=CC5=O)C(C)C)cc4-c4nn[nH]n4)C(=O)O)c(O)c3)cnc2n1. The van der Waals surface area contributed by atoms with E-state index < -0.39 is 53.5 Å². The van der Waals surface area contributed by atoms with Crippen LogP contribution >= 0.6 is 0 Å². The number of aromatic amines is 1. The number of amides is 7. The van der Waals surface area contributed by atoms with Gasteiger partial charge in [0.25, 0.3) is 23.6 Å². The molecule has 0 bridgehead atoms.